The van der Waals surface area contributed by atoms with E-state index in [0.29, 0.717) is 5.56 Å². The minimum absolute atomic E-state index is 0.0115. The number of nitrogens with one attached hydrogen (secondary N) is 1. The van der Waals surface area contributed by atoms with Crippen molar-refractivity contribution >= 4 is 5.91 Å². The third-order valence-electron chi connectivity index (χ3n) is 6.79. The molecule has 2 aliphatic heterocycles. The molecule has 5 heteroatoms. The molecule has 0 atom stereocenters. The molecule has 2 aromatic rings. The molecule has 2 fully saturated rings. The Balaban J connectivity index is 1.15. The Bertz CT molecular complexity index is 819. The summed E-state index contributed by atoms with van der Waals surface area (Å²) in [6, 6.07) is 12.7. The van der Waals surface area contributed by atoms with E-state index in [2.05, 4.69) is 26.2 Å². The minimum Gasteiger partial charge on any atom is -0.352 e. The van der Waals surface area contributed by atoms with Crippen molar-refractivity contribution in [3.8, 4) is 11.1 Å². The summed E-state index contributed by atoms with van der Waals surface area (Å²) in [7, 11) is 0. The third-order valence-corrected chi connectivity index (χ3v) is 6.79. The molecule has 1 amide bonds. The van der Waals surface area contributed by atoms with Gasteiger partial charge < -0.3 is 15.1 Å². The first-order valence-corrected chi connectivity index (χ1v) is 12.0. The lowest BCUT2D eigenvalue weighted by Gasteiger charge is -2.40. The highest BCUT2D eigenvalue weighted by Crippen LogP contribution is 2.21. The smallest absolute Gasteiger partial charge is 0.251 e. The molecular formula is C26H36N4O. The summed E-state index contributed by atoms with van der Waals surface area (Å²) in [5.74, 6) is 0.0115. The number of hydrogen-bond acceptors (Lipinski definition) is 4. The van der Waals surface area contributed by atoms with E-state index in [1.807, 2.05) is 43.5 Å². The van der Waals surface area contributed by atoms with Crippen LogP contribution >= 0.6 is 0 Å². The van der Waals surface area contributed by atoms with Crippen LogP contribution in [0, 0.1) is 6.92 Å². The van der Waals surface area contributed by atoms with E-state index in [9.17, 15) is 4.79 Å². The Hall–Kier alpha value is -2.24. The zero-order valence-corrected chi connectivity index (χ0v) is 18.9. The largest absolute Gasteiger partial charge is 0.352 e. The number of piperidine rings is 2. The highest BCUT2D eigenvalue weighted by atomic mass is 16.1. The maximum absolute atomic E-state index is 12.5. The van der Waals surface area contributed by atoms with Gasteiger partial charge >= 0.3 is 0 Å². The van der Waals surface area contributed by atoms with E-state index in [1.54, 1.807) is 0 Å². The van der Waals surface area contributed by atoms with Crippen molar-refractivity contribution in [1.29, 1.82) is 0 Å². The molecule has 166 valence electrons. The number of benzene rings is 1. The maximum Gasteiger partial charge on any atom is 0.251 e. The average molecular weight is 421 g/mol. The van der Waals surface area contributed by atoms with Gasteiger partial charge in [0.1, 0.15) is 0 Å². The van der Waals surface area contributed by atoms with E-state index in [4.69, 9.17) is 0 Å². The van der Waals surface area contributed by atoms with E-state index < -0.39 is 0 Å². The SMILES string of the molecule is Cc1ccc(-c2ccc(C(=O)NCCCN3CCC(N4CCCCC4)CC3)cc2)cn1. The summed E-state index contributed by atoms with van der Waals surface area (Å²) in [6.07, 6.45) is 9.66. The van der Waals surface area contributed by atoms with Crippen molar-refractivity contribution < 1.29 is 4.79 Å². The quantitative estimate of drug-likeness (QED) is 0.685. The molecule has 1 aromatic heterocycles. The molecule has 0 unspecified atom stereocenters. The van der Waals surface area contributed by atoms with Gasteiger partial charge in [-0.1, -0.05) is 24.6 Å². The number of hydrogen-bond donors (Lipinski definition) is 1. The van der Waals surface area contributed by atoms with Gasteiger partial charge in [0.2, 0.25) is 0 Å². The van der Waals surface area contributed by atoms with Gasteiger partial charge in [0, 0.05) is 35.6 Å². The summed E-state index contributed by atoms with van der Waals surface area (Å²) in [5, 5.41) is 3.08. The molecular weight excluding hydrogens is 384 g/mol. The monoisotopic (exact) mass is 420 g/mol. The fraction of sp³-hybridized carbons (Fsp3) is 0.538. The van der Waals surface area contributed by atoms with Crippen LogP contribution in [0.4, 0.5) is 0 Å². The van der Waals surface area contributed by atoms with Gasteiger partial charge in [0.25, 0.3) is 5.91 Å². The highest BCUT2D eigenvalue weighted by molar-refractivity contribution is 5.94. The summed E-state index contributed by atoms with van der Waals surface area (Å²) in [5.41, 5.74) is 3.87. The fourth-order valence-corrected chi connectivity index (χ4v) is 4.85. The number of carbonyl (C=O) groups excluding carboxylic acids is 1. The summed E-state index contributed by atoms with van der Waals surface area (Å²) in [6.45, 7) is 8.80. The standard InChI is InChI=1S/C26H36N4O/c1-21-6-7-24(20-28-21)22-8-10-23(11-9-22)26(31)27-14-5-15-29-18-12-25(13-19-29)30-16-3-2-4-17-30/h6-11,20,25H,2-5,12-19H2,1H3,(H,27,31). The van der Waals surface area contributed by atoms with Crippen LogP contribution in [0.3, 0.4) is 0 Å². The second kappa shape index (κ2) is 10.9. The van der Waals surface area contributed by atoms with Crippen molar-refractivity contribution in [2.75, 3.05) is 39.3 Å². The summed E-state index contributed by atoms with van der Waals surface area (Å²) < 4.78 is 0. The predicted molar refractivity (Wildman–Crippen MR) is 126 cm³/mol. The Labute approximate surface area is 186 Å². The minimum atomic E-state index is 0.0115. The number of amides is 1. The molecule has 2 saturated heterocycles. The molecule has 5 nitrogen and oxygen atoms in total. The molecule has 0 saturated carbocycles. The molecule has 2 aliphatic rings. The van der Waals surface area contributed by atoms with Crippen LogP contribution in [0.25, 0.3) is 11.1 Å². The second-order valence-electron chi connectivity index (χ2n) is 9.04. The average Bonchev–Trinajstić information content (AvgIpc) is 2.83. The molecule has 0 bridgehead atoms. The molecule has 31 heavy (non-hydrogen) atoms. The molecule has 1 aromatic carbocycles. The lowest BCUT2D eigenvalue weighted by Crippen LogP contribution is -2.47. The topological polar surface area (TPSA) is 48.5 Å². The van der Waals surface area contributed by atoms with Crippen LogP contribution in [0.1, 0.15) is 54.6 Å². The van der Waals surface area contributed by atoms with Gasteiger partial charge in [-0.15, -0.1) is 0 Å². The number of aromatic nitrogens is 1. The van der Waals surface area contributed by atoms with Gasteiger partial charge in [0.15, 0.2) is 0 Å². The van der Waals surface area contributed by atoms with E-state index >= 15 is 0 Å². The number of likely N-dealkylation sites (tertiary alicyclic amines) is 2. The van der Waals surface area contributed by atoms with Gasteiger partial charge in [-0.25, -0.2) is 0 Å². The van der Waals surface area contributed by atoms with E-state index in [-0.39, 0.29) is 5.91 Å². The van der Waals surface area contributed by atoms with Gasteiger partial charge in [0.05, 0.1) is 0 Å². The number of nitrogens with zero attached hydrogens (tertiary/aromatic N) is 3. The molecule has 4 rings (SSSR count). The number of aryl methyl sites for hydroxylation is 1. The van der Waals surface area contributed by atoms with Crippen molar-refractivity contribution in [2.45, 2.75) is 51.5 Å². The normalized spacial score (nSPS) is 18.7. The van der Waals surface area contributed by atoms with Gasteiger partial charge in [-0.2, -0.15) is 0 Å². The van der Waals surface area contributed by atoms with Crippen molar-refractivity contribution in [1.82, 2.24) is 20.1 Å². The van der Waals surface area contributed by atoms with Crippen LogP contribution < -0.4 is 5.32 Å². The Morgan fingerprint density at radius 3 is 2.35 bits per heavy atom. The molecule has 3 heterocycles. The Kier molecular flexibility index (Phi) is 7.71. The van der Waals surface area contributed by atoms with Gasteiger partial charge in [-0.3, -0.25) is 9.78 Å². The van der Waals surface area contributed by atoms with Crippen molar-refractivity contribution in [3.05, 3.63) is 53.9 Å². The van der Waals surface area contributed by atoms with Crippen molar-refractivity contribution in [2.24, 2.45) is 0 Å². The van der Waals surface area contributed by atoms with E-state index in [1.165, 1.54) is 58.3 Å². The highest BCUT2D eigenvalue weighted by Gasteiger charge is 2.25. The van der Waals surface area contributed by atoms with Crippen LogP contribution in [-0.4, -0.2) is 66.0 Å². The number of rotatable bonds is 7. The van der Waals surface area contributed by atoms with E-state index in [0.717, 1.165) is 42.4 Å². The van der Waals surface area contributed by atoms with Crippen LogP contribution in [0.5, 0.6) is 0 Å². The second-order valence-corrected chi connectivity index (χ2v) is 9.04. The van der Waals surface area contributed by atoms with Gasteiger partial charge in [-0.05, 0) is 95.5 Å². The predicted octanol–water partition coefficient (Wildman–Crippen LogP) is 4.13. The first kappa shape index (κ1) is 22.0. The lowest BCUT2D eigenvalue weighted by molar-refractivity contribution is 0.0903. The summed E-state index contributed by atoms with van der Waals surface area (Å²) >= 11 is 0. The number of carbonyl (C=O) groups is 1. The molecule has 0 spiro atoms. The fourth-order valence-electron chi connectivity index (χ4n) is 4.85. The van der Waals surface area contributed by atoms with Crippen LogP contribution in [0.15, 0.2) is 42.6 Å². The van der Waals surface area contributed by atoms with Crippen molar-refractivity contribution in [3.63, 3.8) is 0 Å². The Morgan fingerprint density at radius 2 is 1.68 bits per heavy atom. The Morgan fingerprint density at radius 1 is 0.968 bits per heavy atom. The summed E-state index contributed by atoms with van der Waals surface area (Å²) in [4.78, 5) is 22.1. The zero-order valence-electron chi connectivity index (χ0n) is 18.9. The van der Waals surface area contributed by atoms with Crippen LogP contribution in [0.2, 0.25) is 0 Å². The zero-order chi connectivity index (χ0) is 21.5. The maximum atomic E-state index is 12.5. The molecule has 1 N–H and O–H groups in total. The first-order valence-electron chi connectivity index (χ1n) is 12.0. The first-order chi connectivity index (χ1) is 15.2. The number of pyridine rings is 1. The van der Waals surface area contributed by atoms with Crippen LogP contribution in [-0.2, 0) is 0 Å². The molecule has 0 radical (unpaired) electrons. The molecule has 0 aliphatic carbocycles. The third kappa shape index (κ3) is 6.14. The lowest BCUT2D eigenvalue weighted by atomic mass is 10.00.